The van der Waals surface area contributed by atoms with E-state index in [-0.39, 0.29) is 11.6 Å². The Morgan fingerprint density at radius 3 is 2.67 bits per heavy atom. The molecule has 1 saturated carbocycles. The molecule has 3 nitrogen and oxygen atoms in total. The van der Waals surface area contributed by atoms with Crippen LogP contribution in [0.15, 0.2) is 0 Å². The molecule has 0 aromatic carbocycles. The molecule has 0 bridgehead atoms. The van der Waals surface area contributed by atoms with Crippen LogP contribution in [0, 0.1) is 5.92 Å². The van der Waals surface area contributed by atoms with Crippen molar-refractivity contribution in [2.75, 3.05) is 19.0 Å². The highest BCUT2D eigenvalue weighted by atomic mass is 19.3. The summed E-state index contributed by atoms with van der Waals surface area (Å²) < 4.78 is 27.6. The van der Waals surface area contributed by atoms with Gasteiger partial charge in [-0.2, -0.15) is 13.9 Å². The van der Waals surface area contributed by atoms with E-state index in [4.69, 9.17) is 0 Å². The Bertz CT molecular complexity index is 411. The maximum absolute atomic E-state index is 13.8. The van der Waals surface area contributed by atoms with E-state index in [1.165, 1.54) is 0 Å². The predicted octanol–water partition coefficient (Wildman–Crippen LogP) is 2.07. The van der Waals surface area contributed by atoms with Crippen molar-refractivity contribution in [3.05, 3.63) is 11.3 Å². The Hall–Kier alpha value is -1.13. The van der Waals surface area contributed by atoms with Gasteiger partial charge in [-0.1, -0.05) is 0 Å². The third kappa shape index (κ3) is 0.910. The fourth-order valence-corrected chi connectivity index (χ4v) is 2.75. The minimum Gasteiger partial charge on any atom is -0.361 e. The first-order valence-corrected chi connectivity index (χ1v) is 5.17. The minimum atomic E-state index is -2.69. The Morgan fingerprint density at radius 2 is 2.13 bits per heavy atom. The molecular formula is C10H13F2N3. The molecule has 1 unspecified atom stereocenters. The van der Waals surface area contributed by atoms with Gasteiger partial charge in [-0.3, -0.25) is 5.10 Å². The third-order valence-electron chi connectivity index (χ3n) is 3.65. The summed E-state index contributed by atoms with van der Waals surface area (Å²) in [5, 5.41) is 6.49. The molecule has 3 rings (SSSR count). The summed E-state index contributed by atoms with van der Waals surface area (Å²) in [5.74, 6) is -2.48. The molecule has 0 saturated heterocycles. The van der Waals surface area contributed by atoms with Crippen LogP contribution in [0.3, 0.4) is 0 Å². The van der Waals surface area contributed by atoms with Gasteiger partial charge in [-0.25, -0.2) is 0 Å². The van der Waals surface area contributed by atoms with Gasteiger partial charge < -0.3 is 4.90 Å². The summed E-state index contributed by atoms with van der Waals surface area (Å²) in [6.45, 7) is 0. The molecule has 0 radical (unpaired) electrons. The van der Waals surface area contributed by atoms with Gasteiger partial charge in [0.15, 0.2) is 5.82 Å². The summed E-state index contributed by atoms with van der Waals surface area (Å²) in [7, 11) is 3.67. The van der Waals surface area contributed by atoms with Gasteiger partial charge in [-0.05, 0) is 18.8 Å². The van der Waals surface area contributed by atoms with Crippen LogP contribution in [0.5, 0.6) is 0 Å². The molecule has 2 atom stereocenters. The second kappa shape index (κ2) is 2.51. The molecule has 2 aliphatic carbocycles. The van der Waals surface area contributed by atoms with E-state index in [1.54, 1.807) is 4.90 Å². The van der Waals surface area contributed by atoms with Crippen LogP contribution >= 0.6 is 0 Å². The SMILES string of the molecule is CN(C)c1n[nH]c2c1[C@H]1CCC1C2(F)F. The standard InChI is InChI=1S/C10H13F2N3/c1-15(2)9-7-5-3-4-6(5)10(11,12)8(7)13-14-9/h5-6H,3-4H2,1-2H3,(H,13,14)/t5-,6?/m0/s1. The minimum absolute atomic E-state index is 0.0196. The monoisotopic (exact) mass is 213 g/mol. The fraction of sp³-hybridized carbons (Fsp3) is 0.700. The van der Waals surface area contributed by atoms with Crippen molar-refractivity contribution in [3.8, 4) is 0 Å². The maximum atomic E-state index is 13.8. The van der Waals surface area contributed by atoms with Crippen molar-refractivity contribution in [2.24, 2.45) is 5.92 Å². The van der Waals surface area contributed by atoms with E-state index in [9.17, 15) is 8.78 Å². The smallest absolute Gasteiger partial charge is 0.292 e. The highest BCUT2D eigenvalue weighted by Crippen LogP contribution is 2.63. The average molecular weight is 213 g/mol. The summed E-state index contributed by atoms with van der Waals surface area (Å²) in [6.07, 6.45) is 1.50. The van der Waals surface area contributed by atoms with E-state index in [2.05, 4.69) is 10.2 Å². The zero-order valence-corrected chi connectivity index (χ0v) is 8.72. The number of fused-ring (bicyclic) bond motifs is 3. The van der Waals surface area contributed by atoms with Crippen molar-refractivity contribution in [3.63, 3.8) is 0 Å². The number of nitrogens with zero attached hydrogens (tertiary/aromatic N) is 2. The number of H-pyrrole nitrogens is 1. The van der Waals surface area contributed by atoms with Crippen LogP contribution in [0.4, 0.5) is 14.6 Å². The Morgan fingerprint density at radius 1 is 1.40 bits per heavy atom. The van der Waals surface area contributed by atoms with Crippen LogP contribution in [-0.4, -0.2) is 24.3 Å². The van der Waals surface area contributed by atoms with Gasteiger partial charge >= 0.3 is 0 Å². The van der Waals surface area contributed by atoms with Gasteiger partial charge in [0.05, 0.1) is 0 Å². The number of anilines is 1. The molecule has 1 aromatic rings. The zero-order valence-electron chi connectivity index (χ0n) is 8.72. The first-order chi connectivity index (χ1) is 7.03. The predicted molar refractivity (Wildman–Crippen MR) is 52.3 cm³/mol. The molecule has 1 N–H and O–H groups in total. The van der Waals surface area contributed by atoms with Crippen LogP contribution in [0.2, 0.25) is 0 Å². The molecule has 1 fully saturated rings. The lowest BCUT2D eigenvalue weighted by molar-refractivity contribution is -0.0905. The van der Waals surface area contributed by atoms with Gasteiger partial charge in [-0.15, -0.1) is 0 Å². The van der Waals surface area contributed by atoms with E-state index in [0.29, 0.717) is 12.2 Å². The van der Waals surface area contributed by atoms with Gasteiger partial charge in [0.2, 0.25) is 0 Å². The van der Waals surface area contributed by atoms with Gasteiger partial charge in [0, 0.05) is 25.6 Å². The molecule has 5 heteroatoms. The van der Waals surface area contributed by atoms with Gasteiger partial charge in [0.1, 0.15) is 5.69 Å². The molecular weight excluding hydrogens is 200 g/mol. The summed E-state index contributed by atoms with van der Waals surface area (Å²) >= 11 is 0. The van der Waals surface area contributed by atoms with E-state index in [0.717, 1.165) is 12.0 Å². The van der Waals surface area contributed by atoms with Crippen molar-refractivity contribution in [1.29, 1.82) is 0 Å². The number of alkyl halides is 2. The third-order valence-corrected chi connectivity index (χ3v) is 3.65. The van der Waals surface area contributed by atoms with Crippen molar-refractivity contribution < 1.29 is 8.78 Å². The zero-order chi connectivity index (χ0) is 10.8. The first-order valence-electron chi connectivity index (χ1n) is 5.17. The van der Waals surface area contributed by atoms with Crippen molar-refractivity contribution >= 4 is 5.82 Å². The molecule has 15 heavy (non-hydrogen) atoms. The Balaban J connectivity index is 2.16. The summed E-state index contributed by atoms with van der Waals surface area (Å²) in [5.41, 5.74) is 0.806. The lowest BCUT2D eigenvalue weighted by Crippen LogP contribution is -2.31. The fourth-order valence-electron chi connectivity index (χ4n) is 2.75. The van der Waals surface area contributed by atoms with Crippen molar-refractivity contribution in [1.82, 2.24) is 10.2 Å². The van der Waals surface area contributed by atoms with Crippen LogP contribution in [-0.2, 0) is 5.92 Å². The lowest BCUT2D eigenvalue weighted by atomic mass is 9.73. The number of nitrogens with one attached hydrogen (secondary N) is 1. The number of hydrogen-bond acceptors (Lipinski definition) is 2. The molecule has 0 amide bonds. The highest BCUT2D eigenvalue weighted by molar-refractivity contribution is 5.55. The van der Waals surface area contributed by atoms with Crippen LogP contribution in [0.1, 0.15) is 30.0 Å². The van der Waals surface area contributed by atoms with E-state index >= 15 is 0 Å². The van der Waals surface area contributed by atoms with Gasteiger partial charge in [0.25, 0.3) is 5.92 Å². The van der Waals surface area contributed by atoms with E-state index < -0.39 is 11.8 Å². The quantitative estimate of drug-likeness (QED) is 0.774. The first kappa shape index (κ1) is 9.12. The van der Waals surface area contributed by atoms with E-state index in [1.807, 2.05) is 14.1 Å². The molecule has 0 aliphatic heterocycles. The normalized spacial score (nSPS) is 30.7. The number of aromatic amines is 1. The largest absolute Gasteiger partial charge is 0.361 e. The number of halogens is 2. The number of rotatable bonds is 1. The summed E-state index contributed by atoms with van der Waals surface area (Å²) in [4.78, 5) is 1.80. The van der Waals surface area contributed by atoms with Crippen LogP contribution in [0.25, 0.3) is 0 Å². The lowest BCUT2D eigenvalue weighted by Gasteiger charge is -2.34. The Kier molecular flexibility index (Phi) is 1.53. The second-order valence-electron chi connectivity index (χ2n) is 4.64. The van der Waals surface area contributed by atoms with Crippen molar-refractivity contribution in [2.45, 2.75) is 24.7 Å². The molecule has 82 valence electrons. The molecule has 1 heterocycles. The van der Waals surface area contributed by atoms with Crippen LogP contribution < -0.4 is 4.90 Å². The number of hydrogen-bond donors (Lipinski definition) is 1. The second-order valence-corrected chi connectivity index (χ2v) is 4.64. The molecule has 0 spiro atoms. The highest BCUT2D eigenvalue weighted by Gasteiger charge is 2.60. The molecule has 1 aromatic heterocycles. The maximum Gasteiger partial charge on any atom is 0.292 e. The summed E-state index contributed by atoms with van der Waals surface area (Å²) in [6, 6.07) is 0. The Labute approximate surface area is 86.5 Å². The molecule has 2 aliphatic rings. The number of aromatic nitrogens is 2. The topological polar surface area (TPSA) is 31.9 Å². The average Bonchev–Trinajstić information content (AvgIpc) is 2.50.